The number of esters is 1. The summed E-state index contributed by atoms with van der Waals surface area (Å²) in [5.74, 6) is 5.56. The molecular formula is C21H34O4S. The van der Waals surface area contributed by atoms with Crippen LogP contribution in [-0.4, -0.2) is 30.0 Å². The Bertz CT molecular complexity index is 466. The molecule has 0 saturated carbocycles. The Balaban J connectivity index is 2.05. The molecule has 0 amide bonds. The lowest BCUT2D eigenvalue weighted by Crippen LogP contribution is -2.32. The molecule has 26 heavy (non-hydrogen) atoms. The van der Waals surface area contributed by atoms with E-state index in [9.17, 15) is 4.79 Å². The minimum Gasteiger partial charge on any atom is -0.463 e. The summed E-state index contributed by atoms with van der Waals surface area (Å²) in [7, 11) is 0. The number of carbonyl (C=O) groups is 1. The topological polar surface area (TPSA) is 44.8 Å². The van der Waals surface area contributed by atoms with Gasteiger partial charge >= 0.3 is 11.2 Å². The highest BCUT2D eigenvalue weighted by Crippen LogP contribution is 2.17. The van der Waals surface area contributed by atoms with Crippen molar-refractivity contribution in [3.05, 3.63) is 0 Å². The predicted molar refractivity (Wildman–Crippen MR) is 108 cm³/mol. The van der Waals surface area contributed by atoms with Gasteiger partial charge in [0.05, 0.1) is 6.61 Å². The number of ether oxygens (including phenoxy) is 3. The third-order valence-corrected chi connectivity index (χ3v) is 4.58. The van der Waals surface area contributed by atoms with E-state index >= 15 is 0 Å². The fourth-order valence-electron chi connectivity index (χ4n) is 2.91. The van der Waals surface area contributed by atoms with Crippen LogP contribution in [0.2, 0.25) is 0 Å². The predicted octanol–water partition coefficient (Wildman–Crippen LogP) is 5.32. The average Bonchev–Trinajstić information content (AvgIpc) is 3.00. The van der Waals surface area contributed by atoms with Crippen molar-refractivity contribution >= 4 is 23.4 Å². The summed E-state index contributed by atoms with van der Waals surface area (Å²) in [6, 6.07) is 0. The quantitative estimate of drug-likeness (QED) is 0.187. The summed E-state index contributed by atoms with van der Waals surface area (Å²) >= 11 is 4.86. The van der Waals surface area contributed by atoms with Gasteiger partial charge in [0, 0.05) is 18.6 Å². The highest BCUT2D eigenvalue weighted by atomic mass is 32.1. The number of unbranched alkanes of at least 4 members (excludes halogenated alkanes) is 11. The minimum absolute atomic E-state index is 0.0305. The van der Waals surface area contributed by atoms with Gasteiger partial charge in [-0.1, -0.05) is 83.0 Å². The molecule has 148 valence electrons. The SMILES string of the molecule is CCCCCCCCCCCCCC#C[C@H]1OC(=S)O[C@@H]1C(=O)OCC. The van der Waals surface area contributed by atoms with Gasteiger partial charge in [-0.15, -0.1) is 0 Å². The maximum Gasteiger partial charge on any atom is 0.354 e. The van der Waals surface area contributed by atoms with E-state index in [0.29, 0.717) is 6.61 Å². The number of rotatable bonds is 13. The maximum atomic E-state index is 11.8. The van der Waals surface area contributed by atoms with Crippen molar-refractivity contribution < 1.29 is 19.0 Å². The second-order valence-electron chi connectivity index (χ2n) is 6.69. The summed E-state index contributed by atoms with van der Waals surface area (Å²) < 4.78 is 15.4. The lowest BCUT2D eigenvalue weighted by Gasteiger charge is -2.09. The molecule has 0 bridgehead atoms. The smallest absolute Gasteiger partial charge is 0.354 e. The normalized spacial score (nSPS) is 18.6. The Morgan fingerprint density at radius 3 is 2.12 bits per heavy atom. The van der Waals surface area contributed by atoms with Crippen LogP contribution < -0.4 is 0 Å². The van der Waals surface area contributed by atoms with Gasteiger partial charge < -0.3 is 14.2 Å². The van der Waals surface area contributed by atoms with E-state index in [2.05, 4.69) is 18.8 Å². The second-order valence-corrected chi connectivity index (χ2v) is 7.02. The summed E-state index contributed by atoms with van der Waals surface area (Å²) in [6.45, 7) is 4.30. The van der Waals surface area contributed by atoms with Gasteiger partial charge in [-0.05, 0) is 13.3 Å². The zero-order valence-corrected chi connectivity index (χ0v) is 17.2. The molecule has 0 aromatic heterocycles. The van der Waals surface area contributed by atoms with Crippen LogP contribution in [-0.2, 0) is 19.0 Å². The molecule has 0 spiro atoms. The second kappa shape index (κ2) is 14.8. The molecule has 4 nitrogen and oxygen atoms in total. The van der Waals surface area contributed by atoms with Crippen LogP contribution in [0.15, 0.2) is 0 Å². The highest BCUT2D eigenvalue weighted by molar-refractivity contribution is 7.79. The van der Waals surface area contributed by atoms with Gasteiger partial charge in [0.1, 0.15) is 0 Å². The van der Waals surface area contributed by atoms with E-state index < -0.39 is 18.2 Å². The van der Waals surface area contributed by atoms with Crippen LogP contribution in [0.3, 0.4) is 0 Å². The molecule has 1 heterocycles. The molecule has 2 atom stereocenters. The molecule has 1 rings (SSSR count). The molecular weight excluding hydrogens is 348 g/mol. The number of hydrogen-bond donors (Lipinski definition) is 0. The largest absolute Gasteiger partial charge is 0.463 e. The van der Waals surface area contributed by atoms with Crippen molar-refractivity contribution in [3.63, 3.8) is 0 Å². The fourth-order valence-corrected chi connectivity index (χ4v) is 3.12. The molecule has 1 saturated heterocycles. The van der Waals surface area contributed by atoms with Crippen molar-refractivity contribution in [1.29, 1.82) is 0 Å². The lowest BCUT2D eigenvalue weighted by molar-refractivity contribution is -0.151. The van der Waals surface area contributed by atoms with E-state index in [1.807, 2.05) is 0 Å². The Labute approximate surface area is 164 Å². The molecule has 1 fully saturated rings. The fraction of sp³-hybridized carbons (Fsp3) is 0.810. The van der Waals surface area contributed by atoms with Gasteiger partial charge in [-0.2, -0.15) is 0 Å². The van der Waals surface area contributed by atoms with Crippen molar-refractivity contribution in [1.82, 2.24) is 0 Å². The third-order valence-electron chi connectivity index (χ3n) is 4.39. The van der Waals surface area contributed by atoms with Crippen molar-refractivity contribution in [2.24, 2.45) is 0 Å². The van der Waals surface area contributed by atoms with Crippen LogP contribution in [0.25, 0.3) is 0 Å². The van der Waals surface area contributed by atoms with Gasteiger partial charge in [0.15, 0.2) is 0 Å². The Kier molecular flexibility index (Phi) is 13.0. The molecule has 0 radical (unpaired) electrons. The van der Waals surface area contributed by atoms with Crippen LogP contribution >= 0.6 is 12.2 Å². The van der Waals surface area contributed by atoms with Gasteiger partial charge in [0.2, 0.25) is 12.2 Å². The number of thiocarbonyl (C=S) groups is 1. The maximum absolute atomic E-state index is 11.8. The first-order valence-electron chi connectivity index (χ1n) is 10.2. The first kappa shape index (κ1) is 22.8. The van der Waals surface area contributed by atoms with E-state index in [4.69, 9.17) is 26.4 Å². The molecule has 1 aliphatic heterocycles. The van der Waals surface area contributed by atoms with Gasteiger partial charge in [0.25, 0.3) is 0 Å². The van der Waals surface area contributed by atoms with Crippen LogP contribution in [0.5, 0.6) is 0 Å². The van der Waals surface area contributed by atoms with Crippen molar-refractivity contribution in [3.8, 4) is 11.8 Å². The standard InChI is InChI=1S/C21H34O4S/c1-3-5-6-7-8-9-10-11-12-13-14-15-16-17-18-19(20(22)23-4-2)25-21(26)24-18/h18-19H,3-15H2,1-2H3/t18-,19+/m1/s1. The highest BCUT2D eigenvalue weighted by Gasteiger charge is 2.40. The first-order chi connectivity index (χ1) is 12.7. The third kappa shape index (κ3) is 10.0. The summed E-state index contributed by atoms with van der Waals surface area (Å²) in [5.41, 5.74) is 0. The molecule has 0 aliphatic carbocycles. The van der Waals surface area contributed by atoms with Gasteiger partial charge in [-0.3, -0.25) is 0 Å². The van der Waals surface area contributed by atoms with Crippen LogP contribution in [0, 0.1) is 11.8 Å². The molecule has 0 N–H and O–H groups in total. The zero-order chi connectivity index (χ0) is 19.0. The Hall–Kier alpha value is -1.28. The molecule has 1 aliphatic rings. The lowest BCUT2D eigenvalue weighted by atomic mass is 10.1. The average molecular weight is 383 g/mol. The van der Waals surface area contributed by atoms with E-state index in [1.165, 1.54) is 64.2 Å². The summed E-state index contributed by atoms with van der Waals surface area (Å²) in [6.07, 6.45) is 13.8. The van der Waals surface area contributed by atoms with Gasteiger partial charge in [-0.25, -0.2) is 4.79 Å². The van der Waals surface area contributed by atoms with Crippen molar-refractivity contribution in [2.45, 2.75) is 103 Å². The molecule has 0 aromatic carbocycles. The molecule has 5 heteroatoms. The summed E-state index contributed by atoms with van der Waals surface area (Å²) in [4.78, 5) is 11.8. The molecule has 0 aromatic rings. The van der Waals surface area contributed by atoms with E-state index in [1.54, 1.807) is 6.92 Å². The Morgan fingerprint density at radius 2 is 1.54 bits per heavy atom. The zero-order valence-electron chi connectivity index (χ0n) is 16.4. The summed E-state index contributed by atoms with van der Waals surface area (Å²) in [5, 5.41) is -0.0305. The Morgan fingerprint density at radius 1 is 0.962 bits per heavy atom. The number of carbonyl (C=O) groups excluding carboxylic acids is 1. The first-order valence-corrected chi connectivity index (χ1v) is 10.6. The van der Waals surface area contributed by atoms with Crippen LogP contribution in [0.4, 0.5) is 0 Å². The van der Waals surface area contributed by atoms with Crippen LogP contribution in [0.1, 0.15) is 90.9 Å². The minimum atomic E-state index is -0.854. The van der Waals surface area contributed by atoms with E-state index in [0.717, 1.165) is 12.8 Å². The van der Waals surface area contributed by atoms with E-state index in [-0.39, 0.29) is 5.24 Å². The number of hydrogen-bond acceptors (Lipinski definition) is 5. The molecule has 0 unspecified atom stereocenters. The van der Waals surface area contributed by atoms with Crippen molar-refractivity contribution in [2.75, 3.05) is 6.61 Å². The monoisotopic (exact) mass is 382 g/mol.